The Kier molecular flexibility index (Phi) is 5.60. The summed E-state index contributed by atoms with van der Waals surface area (Å²) < 4.78 is 11.4. The minimum absolute atomic E-state index is 0.0761. The number of hydrogen-bond donors (Lipinski definition) is 0. The lowest BCUT2D eigenvalue weighted by Gasteiger charge is -2.18. The molecule has 2 rings (SSSR count). The number of allylic oxidation sites excluding steroid dienone is 2. The van der Waals surface area contributed by atoms with Gasteiger partial charge in [0.1, 0.15) is 5.75 Å². The second kappa shape index (κ2) is 7.11. The van der Waals surface area contributed by atoms with Crippen LogP contribution in [0.25, 0.3) is 0 Å². The van der Waals surface area contributed by atoms with Gasteiger partial charge < -0.3 is 9.47 Å². The van der Waals surface area contributed by atoms with Gasteiger partial charge in [-0.25, -0.2) is 0 Å². The Labute approximate surface area is 146 Å². The van der Waals surface area contributed by atoms with Crippen LogP contribution < -0.4 is 4.74 Å². The molecule has 0 aliphatic heterocycles. The van der Waals surface area contributed by atoms with Crippen molar-refractivity contribution in [3.05, 3.63) is 39.4 Å². The van der Waals surface area contributed by atoms with Gasteiger partial charge in [0, 0.05) is 26.3 Å². The molecule has 0 saturated carbocycles. The topological polar surface area (TPSA) is 52.6 Å². The van der Waals surface area contributed by atoms with E-state index in [1.807, 2.05) is 6.92 Å². The summed E-state index contributed by atoms with van der Waals surface area (Å²) in [5, 5.41) is 0. The van der Waals surface area contributed by atoms with E-state index in [4.69, 9.17) is 9.47 Å². The lowest BCUT2D eigenvalue weighted by atomic mass is 9.92. The van der Waals surface area contributed by atoms with E-state index in [1.165, 1.54) is 6.08 Å². The molecule has 0 unspecified atom stereocenters. The van der Waals surface area contributed by atoms with E-state index >= 15 is 0 Å². The minimum atomic E-state index is -1.14. The molecular weight excluding hydrogens is 376 g/mol. The SMILES string of the molecule is Cc1cc(OCOCC[Si](C)(C)C)c2c(c1)C(=O)C(Br)=CC2=O. The maximum absolute atomic E-state index is 12.2. The predicted octanol–water partition coefficient (Wildman–Crippen LogP) is 4.34. The molecule has 0 fully saturated rings. The van der Waals surface area contributed by atoms with Gasteiger partial charge in [-0.2, -0.15) is 0 Å². The van der Waals surface area contributed by atoms with Crippen molar-refractivity contribution in [1.29, 1.82) is 0 Å². The quantitative estimate of drug-likeness (QED) is 0.407. The molecule has 0 aromatic heterocycles. The van der Waals surface area contributed by atoms with Gasteiger partial charge in [0.2, 0.25) is 5.78 Å². The summed E-state index contributed by atoms with van der Waals surface area (Å²) >= 11 is 3.13. The van der Waals surface area contributed by atoms with Crippen molar-refractivity contribution in [3.8, 4) is 5.75 Å². The number of hydrogen-bond acceptors (Lipinski definition) is 4. The molecule has 1 aromatic carbocycles. The van der Waals surface area contributed by atoms with Crippen LogP contribution in [-0.2, 0) is 4.74 Å². The fraction of sp³-hybridized carbons (Fsp3) is 0.412. The van der Waals surface area contributed by atoms with Crippen LogP contribution in [0.3, 0.4) is 0 Å². The molecule has 0 bridgehead atoms. The maximum atomic E-state index is 12.2. The smallest absolute Gasteiger partial charge is 0.200 e. The first-order valence-corrected chi connectivity index (χ1v) is 12.0. The van der Waals surface area contributed by atoms with Crippen molar-refractivity contribution in [3.63, 3.8) is 0 Å². The van der Waals surface area contributed by atoms with Crippen LogP contribution in [0.15, 0.2) is 22.7 Å². The summed E-state index contributed by atoms with van der Waals surface area (Å²) in [5.41, 5.74) is 1.56. The molecule has 0 heterocycles. The van der Waals surface area contributed by atoms with Gasteiger partial charge in [-0.1, -0.05) is 19.6 Å². The van der Waals surface area contributed by atoms with Gasteiger partial charge in [-0.15, -0.1) is 0 Å². The molecule has 1 aliphatic carbocycles. The highest BCUT2D eigenvalue weighted by molar-refractivity contribution is 9.12. The van der Waals surface area contributed by atoms with Crippen molar-refractivity contribution in [2.45, 2.75) is 32.6 Å². The number of benzene rings is 1. The van der Waals surface area contributed by atoms with Crippen molar-refractivity contribution >= 4 is 35.6 Å². The Bertz CT molecular complexity index is 674. The van der Waals surface area contributed by atoms with Gasteiger partial charge in [0.15, 0.2) is 12.6 Å². The first-order valence-electron chi connectivity index (χ1n) is 7.50. The van der Waals surface area contributed by atoms with Crippen molar-refractivity contribution in [1.82, 2.24) is 0 Å². The Hall–Kier alpha value is -1.24. The van der Waals surface area contributed by atoms with Crippen LogP contribution in [0.4, 0.5) is 0 Å². The molecule has 124 valence electrons. The fourth-order valence-electron chi connectivity index (χ4n) is 2.22. The van der Waals surface area contributed by atoms with Crippen LogP contribution in [0, 0.1) is 6.92 Å². The van der Waals surface area contributed by atoms with Crippen LogP contribution in [-0.4, -0.2) is 33.0 Å². The zero-order chi connectivity index (χ0) is 17.2. The first kappa shape index (κ1) is 18.1. The number of Topliss-reactive ketones (excluding diaryl/α,β-unsaturated/α-hetero) is 1. The Morgan fingerprint density at radius 3 is 2.52 bits per heavy atom. The lowest BCUT2D eigenvalue weighted by Crippen LogP contribution is -2.22. The third-order valence-electron chi connectivity index (χ3n) is 3.51. The molecule has 0 N–H and O–H groups in total. The van der Waals surface area contributed by atoms with Crippen molar-refractivity contribution in [2.24, 2.45) is 0 Å². The minimum Gasteiger partial charge on any atom is -0.467 e. The number of ether oxygens (including phenoxy) is 2. The molecule has 0 atom stereocenters. The van der Waals surface area contributed by atoms with E-state index in [0.717, 1.165) is 11.6 Å². The fourth-order valence-corrected chi connectivity index (χ4v) is 3.40. The molecule has 0 saturated heterocycles. The van der Waals surface area contributed by atoms with E-state index in [-0.39, 0.29) is 22.8 Å². The number of ketones is 2. The van der Waals surface area contributed by atoms with Gasteiger partial charge in [-0.3, -0.25) is 9.59 Å². The Balaban J connectivity index is 2.11. The lowest BCUT2D eigenvalue weighted by molar-refractivity contribution is 0.0215. The van der Waals surface area contributed by atoms with E-state index in [1.54, 1.807) is 12.1 Å². The van der Waals surface area contributed by atoms with Crippen molar-refractivity contribution < 1.29 is 19.1 Å². The molecule has 0 radical (unpaired) electrons. The zero-order valence-corrected chi connectivity index (χ0v) is 16.5. The number of rotatable bonds is 6. The van der Waals surface area contributed by atoms with Crippen molar-refractivity contribution in [2.75, 3.05) is 13.4 Å². The van der Waals surface area contributed by atoms with E-state index in [9.17, 15) is 9.59 Å². The number of halogens is 1. The Morgan fingerprint density at radius 1 is 1.17 bits per heavy atom. The summed E-state index contributed by atoms with van der Waals surface area (Å²) in [6, 6.07) is 4.52. The average molecular weight is 397 g/mol. The third kappa shape index (κ3) is 4.62. The molecule has 0 amide bonds. The zero-order valence-electron chi connectivity index (χ0n) is 13.9. The molecule has 4 nitrogen and oxygen atoms in total. The molecule has 1 aliphatic rings. The summed E-state index contributed by atoms with van der Waals surface area (Å²) in [6.07, 6.45) is 1.29. The van der Waals surface area contributed by atoms with E-state index < -0.39 is 8.07 Å². The summed E-state index contributed by atoms with van der Waals surface area (Å²) in [6.45, 7) is 9.42. The summed E-state index contributed by atoms with van der Waals surface area (Å²) in [7, 11) is -1.14. The average Bonchev–Trinajstić information content (AvgIpc) is 2.42. The number of carbonyl (C=O) groups excluding carboxylic acids is 2. The molecule has 1 aromatic rings. The summed E-state index contributed by atoms with van der Waals surface area (Å²) in [4.78, 5) is 24.4. The van der Waals surface area contributed by atoms with Gasteiger partial charge in [0.25, 0.3) is 0 Å². The normalized spacial score (nSPS) is 14.6. The second-order valence-corrected chi connectivity index (χ2v) is 13.3. The van der Waals surface area contributed by atoms with Crippen LogP contribution in [0.1, 0.15) is 26.3 Å². The largest absolute Gasteiger partial charge is 0.467 e. The maximum Gasteiger partial charge on any atom is 0.200 e. The monoisotopic (exact) mass is 396 g/mol. The summed E-state index contributed by atoms with van der Waals surface area (Å²) in [5.74, 6) is -0.0287. The van der Waals surface area contributed by atoms with Crippen LogP contribution in [0.2, 0.25) is 25.7 Å². The number of carbonyl (C=O) groups is 2. The number of fused-ring (bicyclic) bond motifs is 1. The van der Waals surface area contributed by atoms with Gasteiger partial charge in [-0.05, 0) is 46.6 Å². The molecular formula is C17H21BrO4Si. The highest BCUT2D eigenvalue weighted by Gasteiger charge is 2.28. The van der Waals surface area contributed by atoms with Crippen LogP contribution >= 0.6 is 15.9 Å². The molecule has 23 heavy (non-hydrogen) atoms. The highest BCUT2D eigenvalue weighted by atomic mass is 79.9. The van der Waals surface area contributed by atoms with Gasteiger partial charge >= 0.3 is 0 Å². The van der Waals surface area contributed by atoms with Crippen LogP contribution in [0.5, 0.6) is 5.75 Å². The van der Waals surface area contributed by atoms with E-state index in [0.29, 0.717) is 23.5 Å². The van der Waals surface area contributed by atoms with E-state index in [2.05, 4.69) is 35.6 Å². The van der Waals surface area contributed by atoms with Gasteiger partial charge in [0.05, 0.1) is 10.0 Å². The first-order chi connectivity index (χ1) is 10.7. The number of aryl methyl sites for hydroxylation is 1. The highest BCUT2D eigenvalue weighted by Crippen LogP contribution is 2.32. The predicted molar refractivity (Wildman–Crippen MR) is 96.5 cm³/mol. The second-order valence-electron chi connectivity index (χ2n) is 6.85. The molecule has 6 heteroatoms. The third-order valence-corrected chi connectivity index (χ3v) is 5.80. The molecule has 0 spiro atoms. The Morgan fingerprint density at radius 2 is 1.87 bits per heavy atom. The standard InChI is InChI=1S/C17H21BrO4Si/c1-11-7-12-16(14(19)9-13(18)17(12)20)15(8-11)22-10-21-5-6-23(2,3)4/h7-9H,5-6,10H2,1-4H3.